The zero-order valence-electron chi connectivity index (χ0n) is 18.4. The second kappa shape index (κ2) is 10.4. The molecular formula is C26H23Cl2NO5. The van der Waals surface area contributed by atoms with Gasteiger partial charge < -0.3 is 19.9 Å². The highest BCUT2D eigenvalue weighted by Crippen LogP contribution is 2.41. The molecule has 0 spiro atoms. The molecule has 0 saturated heterocycles. The summed E-state index contributed by atoms with van der Waals surface area (Å²) in [7, 11) is 0. The Labute approximate surface area is 207 Å². The molecule has 0 bridgehead atoms. The number of amides is 1. The predicted octanol–water partition coefficient (Wildman–Crippen LogP) is 6.27. The predicted molar refractivity (Wildman–Crippen MR) is 131 cm³/mol. The highest BCUT2D eigenvalue weighted by atomic mass is 35.5. The summed E-state index contributed by atoms with van der Waals surface area (Å²) in [5.41, 5.74) is 2.13. The van der Waals surface area contributed by atoms with E-state index < -0.39 is 11.9 Å². The van der Waals surface area contributed by atoms with Crippen LogP contribution >= 0.6 is 23.2 Å². The number of ether oxygens (including phenoxy) is 2. The first-order valence-corrected chi connectivity index (χ1v) is 11.6. The number of hydrogen-bond donors (Lipinski definition) is 2. The van der Waals surface area contributed by atoms with Crippen molar-refractivity contribution in [3.05, 3.63) is 87.4 Å². The fourth-order valence-electron chi connectivity index (χ4n) is 3.78. The van der Waals surface area contributed by atoms with Crippen LogP contribution in [0.25, 0.3) is 0 Å². The molecule has 0 radical (unpaired) electrons. The third-order valence-corrected chi connectivity index (χ3v) is 6.30. The van der Waals surface area contributed by atoms with Crippen LogP contribution in [0.2, 0.25) is 10.0 Å². The standard InChI is InChI=1S/C26H23Cl2NO5/c1-15(16-2-6-18(27)7-3-16)14-29-25(30)17-4-8-19(9-5-17)34-24-13-23-21(12-22(24)28)20(26(31)32)10-11-33-23/h2-9,12-13,15,20H,10-11,14H2,1H3,(H,29,30)(H,31,32). The Bertz CT molecular complexity index is 1200. The van der Waals surface area contributed by atoms with Crippen molar-refractivity contribution in [3.8, 4) is 17.2 Å². The largest absolute Gasteiger partial charge is 0.493 e. The van der Waals surface area contributed by atoms with E-state index in [1.807, 2.05) is 31.2 Å². The van der Waals surface area contributed by atoms with E-state index in [0.717, 1.165) is 5.56 Å². The molecule has 3 aromatic rings. The van der Waals surface area contributed by atoms with Crippen molar-refractivity contribution in [1.82, 2.24) is 5.32 Å². The van der Waals surface area contributed by atoms with Crippen LogP contribution in [0.1, 0.15) is 46.7 Å². The maximum atomic E-state index is 12.5. The second-order valence-electron chi connectivity index (χ2n) is 8.14. The second-order valence-corrected chi connectivity index (χ2v) is 8.98. The molecule has 176 valence electrons. The minimum atomic E-state index is -0.911. The van der Waals surface area contributed by atoms with Crippen LogP contribution in [0.5, 0.6) is 17.2 Å². The average molecular weight is 500 g/mol. The monoisotopic (exact) mass is 499 g/mol. The topological polar surface area (TPSA) is 84.9 Å². The van der Waals surface area contributed by atoms with Gasteiger partial charge in [-0.2, -0.15) is 0 Å². The van der Waals surface area contributed by atoms with Gasteiger partial charge in [0.1, 0.15) is 17.2 Å². The number of benzene rings is 3. The van der Waals surface area contributed by atoms with Gasteiger partial charge in [-0.15, -0.1) is 0 Å². The number of carboxylic acids is 1. The number of rotatable bonds is 7. The van der Waals surface area contributed by atoms with E-state index in [4.69, 9.17) is 32.7 Å². The molecule has 1 heterocycles. The molecule has 3 aromatic carbocycles. The molecule has 1 aliphatic heterocycles. The van der Waals surface area contributed by atoms with Gasteiger partial charge in [-0.3, -0.25) is 9.59 Å². The highest BCUT2D eigenvalue weighted by molar-refractivity contribution is 6.32. The summed E-state index contributed by atoms with van der Waals surface area (Å²) in [5, 5.41) is 13.3. The van der Waals surface area contributed by atoms with E-state index in [1.54, 1.807) is 36.4 Å². The average Bonchev–Trinajstić information content (AvgIpc) is 2.83. The van der Waals surface area contributed by atoms with Crippen molar-refractivity contribution in [1.29, 1.82) is 0 Å². The van der Waals surface area contributed by atoms with Crippen LogP contribution < -0.4 is 14.8 Å². The Morgan fingerprint density at radius 1 is 1.12 bits per heavy atom. The molecule has 1 aliphatic rings. The molecular weight excluding hydrogens is 477 g/mol. The Morgan fingerprint density at radius 3 is 2.50 bits per heavy atom. The van der Waals surface area contributed by atoms with Crippen molar-refractivity contribution in [2.45, 2.75) is 25.2 Å². The molecule has 2 atom stereocenters. The maximum absolute atomic E-state index is 12.5. The van der Waals surface area contributed by atoms with Crippen molar-refractivity contribution in [2.75, 3.05) is 13.2 Å². The number of carbonyl (C=O) groups excluding carboxylic acids is 1. The molecule has 0 aromatic heterocycles. The molecule has 4 rings (SSSR count). The van der Waals surface area contributed by atoms with Gasteiger partial charge in [0, 0.05) is 28.8 Å². The summed E-state index contributed by atoms with van der Waals surface area (Å²) in [6.07, 6.45) is 0.390. The lowest BCUT2D eigenvalue weighted by atomic mass is 9.93. The Hall–Kier alpha value is -3.22. The van der Waals surface area contributed by atoms with Crippen LogP contribution in [-0.2, 0) is 4.79 Å². The lowest BCUT2D eigenvalue weighted by molar-refractivity contribution is -0.139. The van der Waals surface area contributed by atoms with E-state index in [0.29, 0.717) is 53.0 Å². The van der Waals surface area contributed by atoms with Gasteiger partial charge in [-0.1, -0.05) is 42.3 Å². The number of aliphatic carboxylic acids is 1. The zero-order chi connectivity index (χ0) is 24.2. The Morgan fingerprint density at radius 2 is 1.82 bits per heavy atom. The molecule has 2 N–H and O–H groups in total. The quantitative estimate of drug-likeness (QED) is 0.400. The van der Waals surface area contributed by atoms with Crippen molar-refractivity contribution < 1.29 is 24.2 Å². The molecule has 0 aliphatic carbocycles. The van der Waals surface area contributed by atoms with E-state index in [9.17, 15) is 14.7 Å². The van der Waals surface area contributed by atoms with Crippen LogP contribution in [0.4, 0.5) is 0 Å². The lowest BCUT2D eigenvalue weighted by Gasteiger charge is -2.24. The summed E-state index contributed by atoms with van der Waals surface area (Å²) in [6, 6.07) is 17.4. The first-order chi connectivity index (χ1) is 16.3. The Kier molecular flexibility index (Phi) is 7.29. The SMILES string of the molecule is CC(CNC(=O)c1ccc(Oc2cc3c(cc2Cl)C(C(=O)O)CCO3)cc1)c1ccc(Cl)cc1. The molecule has 2 unspecified atom stereocenters. The van der Waals surface area contributed by atoms with Gasteiger partial charge in [0.05, 0.1) is 17.5 Å². The number of hydrogen-bond acceptors (Lipinski definition) is 4. The summed E-state index contributed by atoms with van der Waals surface area (Å²) < 4.78 is 11.5. The summed E-state index contributed by atoms with van der Waals surface area (Å²) in [4.78, 5) is 24.0. The van der Waals surface area contributed by atoms with Gasteiger partial charge in [-0.05, 0) is 60.4 Å². The first kappa shape index (κ1) is 23.9. The molecule has 0 saturated carbocycles. The summed E-state index contributed by atoms with van der Waals surface area (Å²) in [5.74, 6) is -0.339. The van der Waals surface area contributed by atoms with Crippen molar-refractivity contribution in [3.63, 3.8) is 0 Å². The molecule has 0 fully saturated rings. The van der Waals surface area contributed by atoms with Gasteiger partial charge in [0.2, 0.25) is 0 Å². The molecule has 34 heavy (non-hydrogen) atoms. The highest BCUT2D eigenvalue weighted by Gasteiger charge is 2.29. The lowest BCUT2D eigenvalue weighted by Crippen LogP contribution is -2.27. The summed E-state index contributed by atoms with van der Waals surface area (Å²) >= 11 is 12.3. The maximum Gasteiger partial charge on any atom is 0.311 e. The third-order valence-electron chi connectivity index (χ3n) is 5.75. The number of carbonyl (C=O) groups is 2. The van der Waals surface area contributed by atoms with Gasteiger partial charge in [0.25, 0.3) is 5.91 Å². The Balaban J connectivity index is 1.39. The van der Waals surface area contributed by atoms with Crippen LogP contribution in [-0.4, -0.2) is 30.1 Å². The van der Waals surface area contributed by atoms with E-state index in [1.165, 1.54) is 0 Å². The third kappa shape index (κ3) is 5.46. The fourth-order valence-corrected chi connectivity index (χ4v) is 4.12. The zero-order valence-corrected chi connectivity index (χ0v) is 19.9. The fraction of sp³-hybridized carbons (Fsp3) is 0.231. The van der Waals surface area contributed by atoms with E-state index in [-0.39, 0.29) is 16.8 Å². The minimum absolute atomic E-state index is 0.137. The van der Waals surface area contributed by atoms with E-state index in [2.05, 4.69) is 5.32 Å². The summed E-state index contributed by atoms with van der Waals surface area (Å²) in [6.45, 7) is 2.83. The minimum Gasteiger partial charge on any atom is -0.493 e. The van der Waals surface area contributed by atoms with Crippen LogP contribution in [0, 0.1) is 0 Å². The first-order valence-electron chi connectivity index (χ1n) is 10.8. The number of nitrogens with one attached hydrogen (secondary N) is 1. The molecule has 1 amide bonds. The van der Waals surface area contributed by atoms with Crippen LogP contribution in [0.3, 0.4) is 0 Å². The normalized spacial score (nSPS) is 15.6. The number of fused-ring (bicyclic) bond motifs is 1. The van der Waals surface area contributed by atoms with Gasteiger partial charge >= 0.3 is 5.97 Å². The number of halogens is 2. The van der Waals surface area contributed by atoms with Crippen molar-refractivity contribution >= 4 is 35.1 Å². The van der Waals surface area contributed by atoms with Gasteiger partial charge in [-0.25, -0.2) is 0 Å². The van der Waals surface area contributed by atoms with Crippen molar-refractivity contribution in [2.24, 2.45) is 0 Å². The molecule has 6 nitrogen and oxygen atoms in total. The van der Waals surface area contributed by atoms with Crippen LogP contribution in [0.15, 0.2) is 60.7 Å². The smallest absolute Gasteiger partial charge is 0.311 e. The van der Waals surface area contributed by atoms with E-state index >= 15 is 0 Å². The molecule has 8 heteroatoms. The number of carboxylic acid groups (broad SMARTS) is 1. The van der Waals surface area contributed by atoms with Gasteiger partial charge in [0.15, 0.2) is 0 Å².